The Bertz CT molecular complexity index is 564. The fourth-order valence-electron chi connectivity index (χ4n) is 2.76. The van der Waals surface area contributed by atoms with Gasteiger partial charge in [-0.15, -0.1) is 0 Å². The predicted octanol–water partition coefficient (Wildman–Crippen LogP) is 1.63. The van der Waals surface area contributed by atoms with Crippen LogP contribution in [0.25, 0.3) is 0 Å². The van der Waals surface area contributed by atoms with Crippen molar-refractivity contribution in [3.8, 4) is 0 Å². The van der Waals surface area contributed by atoms with Crippen molar-refractivity contribution in [1.82, 2.24) is 9.88 Å². The van der Waals surface area contributed by atoms with E-state index in [2.05, 4.69) is 19.2 Å². The first-order chi connectivity index (χ1) is 9.87. The van der Waals surface area contributed by atoms with Crippen LogP contribution in [0, 0.1) is 11.8 Å². The molecule has 1 saturated heterocycles. The summed E-state index contributed by atoms with van der Waals surface area (Å²) in [5.41, 5.74) is 0. The number of hydrogen-bond donors (Lipinski definition) is 1. The molecule has 1 aromatic heterocycles. The first-order valence-corrected chi connectivity index (χ1v) is 9.30. The third-order valence-corrected chi connectivity index (χ3v) is 5.71. The van der Waals surface area contributed by atoms with Crippen molar-refractivity contribution in [1.29, 1.82) is 0 Å². The minimum Gasteiger partial charge on any atom is -0.354 e. The number of hydrogen-bond acceptors (Lipinski definition) is 3. The molecule has 1 aliphatic heterocycles. The normalized spacial score (nSPS) is 22.3. The van der Waals surface area contributed by atoms with Crippen LogP contribution < -0.4 is 5.32 Å². The molecule has 0 bridgehead atoms. The summed E-state index contributed by atoms with van der Waals surface area (Å²) < 4.78 is 24.8. The van der Waals surface area contributed by atoms with Crippen LogP contribution in [0.4, 0.5) is 0 Å². The fourth-order valence-corrected chi connectivity index (χ4v) is 4.62. The van der Waals surface area contributed by atoms with Crippen molar-refractivity contribution in [3.05, 3.63) is 24.5 Å². The maximum absolute atomic E-state index is 12.4. The van der Waals surface area contributed by atoms with Crippen LogP contribution in [0.15, 0.2) is 24.5 Å². The molecule has 1 fully saturated rings. The summed E-state index contributed by atoms with van der Waals surface area (Å²) in [7, 11) is -2.88. The summed E-state index contributed by atoms with van der Waals surface area (Å²) in [4.78, 5) is 12.4. The van der Waals surface area contributed by atoms with Gasteiger partial charge < -0.3 is 9.88 Å². The van der Waals surface area contributed by atoms with Gasteiger partial charge in [-0.1, -0.05) is 13.8 Å². The molecule has 1 amide bonds. The second kappa shape index (κ2) is 6.64. The van der Waals surface area contributed by atoms with E-state index in [9.17, 15) is 13.2 Å². The van der Waals surface area contributed by atoms with Crippen LogP contribution in [0.3, 0.4) is 0 Å². The Morgan fingerprint density at radius 2 is 2.00 bits per heavy atom. The molecule has 21 heavy (non-hydrogen) atoms. The highest BCUT2D eigenvalue weighted by Crippen LogP contribution is 2.20. The second-order valence-corrected chi connectivity index (χ2v) is 8.52. The molecule has 0 aliphatic carbocycles. The third-order valence-electron chi connectivity index (χ3n) is 3.88. The molecule has 2 atom stereocenters. The lowest BCUT2D eigenvalue weighted by Crippen LogP contribution is -2.36. The Kier molecular flexibility index (Phi) is 5.08. The summed E-state index contributed by atoms with van der Waals surface area (Å²) in [5, 5.41) is 2.93. The van der Waals surface area contributed by atoms with Gasteiger partial charge in [0.25, 0.3) is 0 Å². The number of aromatic nitrogens is 1. The molecule has 0 spiro atoms. The van der Waals surface area contributed by atoms with E-state index in [0.29, 0.717) is 18.9 Å². The average Bonchev–Trinajstić information content (AvgIpc) is 3.02. The molecule has 1 aliphatic rings. The molecule has 5 nitrogen and oxygen atoms in total. The van der Waals surface area contributed by atoms with Gasteiger partial charge in [0.05, 0.1) is 11.5 Å². The number of nitrogens with zero attached hydrogens (tertiary/aromatic N) is 1. The van der Waals surface area contributed by atoms with Gasteiger partial charge in [-0.3, -0.25) is 4.79 Å². The molecule has 1 aromatic rings. The molecule has 0 aromatic carbocycles. The lowest BCUT2D eigenvalue weighted by Gasteiger charge is -2.21. The zero-order valence-corrected chi connectivity index (χ0v) is 13.5. The summed E-state index contributed by atoms with van der Waals surface area (Å²) in [6, 6.07) is 3.59. The van der Waals surface area contributed by atoms with Crippen molar-refractivity contribution < 1.29 is 13.2 Å². The minimum absolute atomic E-state index is 0.0239. The molecule has 0 saturated carbocycles. The number of carbonyl (C=O) groups is 1. The first kappa shape index (κ1) is 16.1. The summed E-state index contributed by atoms with van der Waals surface area (Å²) in [6.07, 6.45) is 5.21. The Morgan fingerprint density at radius 1 is 1.33 bits per heavy atom. The van der Waals surface area contributed by atoms with Gasteiger partial charge in [0.2, 0.25) is 5.91 Å². The van der Waals surface area contributed by atoms with E-state index < -0.39 is 9.84 Å². The lowest BCUT2D eigenvalue weighted by molar-refractivity contribution is -0.125. The standard InChI is InChI=1S/C15H24N2O3S/c1-12(2)9-14(17-6-3-4-7-17)15(18)16-10-13-5-8-21(19,20)11-13/h3-4,6-7,12-14H,5,8-11H2,1-2H3,(H,16,18). The Labute approximate surface area is 126 Å². The quantitative estimate of drug-likeness (QED) is 0.868. The van der Waals surface area contributed by atoms with E-state index in [1.54, 1.807) is 0 Å². The van der Waals surface area contributed by atoms with Crippen molar-refractivity contribution >= 4 is 15.7 Å². The zero-order chi connectivity index (χ0) is 15.5. The predicted molar refractivity (Wildman–Crippen MR) is 82.7 cm³/mol. The van der Waals surface area contributed by atoms with Crippen molar-refractivity contribution in [2.75, 3.05) is 18.1 Å². The first-order valence-electron chi connectivity index (χ1n) is 7.48. The van der Waals surface area contributed by atoms with Crippen LogP contribution in [-0.4, -0.2) is 36.9 Å². The molecule has 2 unspecified atom stereocenters. The van der Waals surface area contributed by atoms with Crippen LogP contribution in [0.5, 0.6) is 0 Å². The van der Waals surface area contributed by atoms with E-state index in [-0.39, 0.29) is 29.4 Å². The van der Waals surface area contributed by atoms with Gasteiger partial charge in [-0.05, 0) is 36.8 Å². The van der Waals surface area contributed by atoms with Gasteiger partial charge in [0.1, 0.15) is 6.04 Å². The SMILES string of the molecule is CC(C)CC(C(=O)NCC1CCS(=O)(=O)C1)n1cccc1. The topological polar surface area (TPSA) is 68.2 Å². The van der Waals surface area contributed by atoms with E-state index >= 15 is 0 Å². The Hall–Kier alpha value is -1.30. The fraction of sp³-hybridized carbons (Fsp3) is 0.667. The molecule has 2 heterocycles. The molecule has 118 valence electrons. The number of sulfone groups is 1. The molecule has 0 radical (unpaired) electrons. The number of nitrogens with one attached hydrogen (secondary N) is 1. The summed E-state index contributed by atoms with van der Waals surface area (Å²) in [6.45, 7) is 4.63. The van der Waals surface area contributed by atoms with Gasteiger partial charge in [0.15, 0.2) is 9.84 Å². The molecular weight excluding hydrogens is 288 g/mol. The highest BCUT2D eigenvalue weighted by atomic mass is 32.2. The van der Waals surface area contributed by atoms with Crippen LogP contribution in [0.2, 0.25) is 0 Å². The smallest absolute Gasteiger partial charge is 0.243 e. The van der Waals surface area contributed by atoms with Crippen LogP contribution in [0.1, 0.15) is 32.7 Å². The highest BCUT2D eigenvalue weighted by Gasteiger charge is 2.29. The van der Waals surface area contributed by atoms with Gasteiger partial charge in [0, 0.05) is 18.9 Å². The van der Waals surface area contributed by atoms with Crippen molar-refractivity contribution in [2.45, 2.75) is 32.7 Å². The van der Waals surface area contributed by atoms with Gasteiger partial charge in [-0.25, -0.2) is 8.42 Å². The van der Waals surface area contributed by atoms with E-state index in [1.165, 1.54) is 0 Å². The lowest BCUT2D eigenvalue weighted by atomic mass is 10.0. The van der Waals surface area contributed by atoms with Crippen LogP contribution >= 0.6 is 0 Å². The average molecular weight is 312 g/mol. The minimum atomic E-state index is -2.88. The number of carbonyl (C=O) groups excluding carboxylic acids is 1. The zero-order valence-electron chi connectivity index (χ0n) is 12.7. The molecule has 1 N–H and O–H groups in total. The molecule has 2 rings (SSSR count). The Morgan fingerprint density at radius 3 is 2.52 bits per heavy atom. The largest absolute Gasteiger partial charge is 0.354 e. The van der Waals surface area contributed by atoms with Gasteiger partial charge in [-0.2, -0.15) is 0 Å². The van der Waals surface area contributed by atoms with E-state index in [4.69, 9.17) is 0 Å². The maximum Gasteiger partial charge on any atom is 0.243 e. The summed E-state index contributed by atoms with van der Waals surface area (Å²) >= 11 is 0. The molecular formula is C15H24N2O3S. The second-order valence-electron chi connectivity index (χ2n) is 6.29. The number of rotatable bonds is 6. The maximum atomic E-state index is 12.4. The summed E-state index contributed by atoms with van der Waals surface area (Å²) in [5.74, 6) is 0.897. The number of amides is 1. The van der Waals surface area contributed by atoms with E-state index in [1.807, 2.05) is 29.1 Å². The van der Waals surface area contributed by atoms with Crippen LogP contribution in [-0.2, 0) is 14.6 Å². The van der Waals surface area contributed by atoms with Crippen molar-refractivity contribution in [2.24, 2.45) is 11.8 Å². The Balaban J connectivity index is 1.93. The monoisotopic (exact) mass is 312 g/mol. The van der Waals surface area contributed by atoms with Crippen molar-refractivity contribution in [3.63, 3.8) is 0 Å². The van der Waals surface area contributed by atoms with E-state index in [0.717, 1.165) is 6.42 Å². The third kappa shape index (κ3) is 4.59. The molecule has 6 heteroatoms. The highest BCUT2D eigenvalue weighted by molar-refractivity contribution is 7.91. The van der Waals surface area contributed by atoms with Gasteiger partial charge >= 0.3 is 0 Å².